The molecule has 1 aliphatic heterocycles. The molecule has 1 heterocycles. The molecule has 9 heteroatoms. The fourth-order valence-corrected chi connectivity index (χ4v) is 7.01. The highest BCUT2D eigenvalue weighted by atomic mass is 35.5. The molecule has 1 amide bonds. The Morgan fingerprint density at radius 2 is 1.85 bits per heavy atom. The summed E-state index contributed by atoms with van der Waals surface area (Å²) in [6.07, 6.45) is 4.45. The number of fused-ring (bicyclic) bond motifs is 1. The van der Waals surface area contributed by atoms with Crippen molar-refractivity contribution in [2.45, 2.75) is 69.9 Å². The van der Waals surface area contributed by atoms with Gasteiger partial charge in [0.2, 0.25) is 5.91 Å². The maximum atomic E-state index is 13.2. The van der Waals surface area contributed by atoms with Crippen molar-refractivity contribution < 1.29 is 23.9 Å². The molecule has 40 heavy (non-hydrogen) atoms. The van der Waals surface area contributed by atoms with Gasteiger partial charge in [0, 0.05) is 50.7 Å². The minimum absolute atomic E-state index is 0.0414. The molecule has 3 fully saturated rings. The summed E-state index contributed by atoms with van der Waals surface area (Å²) in [5.74, 6) is 0.462. The number of amides is 1. The van der Waals surface area contributed by atoms with Crippen LogP contribution in [0.15, 0.2) is 42.5 Å². The van der Waals surface area contributed by atoms with Gasteiger partial charge in [0.25, 0.3) is 0 Å². The van der Waals surface area contributed by atoms with Crippen molar-refractivity contribution in [3.8, 4) is 5.75 Å². The monoisotopic (exact) mass is 586 g/mol. The quantitative estimate of drug-likeness (QED) is 0.332. The van der Waals surface area contributed by atoms with Gasteiger partial charge in [-0.3, -0.25) is 14.4 Å². The minimum Gasteiger partial charge on any atom is -0.462 e. The summed E-state index contributed by atoms with van der Waals surface area (Å²) in [6.45, 7) is 5.63. The fourth-order valence-electron chi connectivity index (χ4n) is 6.69. The van der Waals surface area contributed by atoms with Gasteiger partial charge in [0.15, 0.2) is 0 Å². The summed E-state index contributed by atoms with van der Waals surface area (Å²) in [6, 6.07) is 12.7. The molecule has 1 saturated heterocycles. The molecule has 3 aliphatic rings. The van der Waals surface area contributed by atoms with Gasteiger partial charge >= 0.3 is 11.9 Å². The summed E-state index contributed by atoms with van der Waals surface area (Å²) in [5, 5.41) is 4.08. The minimum atomic E-state index is -0.376. The molecule has 2 aromatic rings. The number of benzene rings is 2. The number of nitrogens with one attached hydrogen (secondary N) is 1. The van der Waals surface area contributed by atoms with Crippen LogP contribution in [0.1, 0.15) is 57.1 Å². The zero-order valence-electron chi connectivity index (χ0n) is 23.0. The van der Waals surface area contributed by atoms with Crippen molar-refractivity contribution in [3.63, 3.8) is 0 Å². The van der Waals surface area contributed by atoms with Crippen LogP contribution in [0, 0.1) is 11.8 Å². The SMILES string of the molecule is CC(=O)Oc1cccc([C@@]23CCN(CC4CC4)C[C@H]2C(OC(C)=O)C[C@@H](NC(=O)Cc2ccc(Cl)c(Cl)c2)C3)c1. The second-order valence-corrected chi connectivity index (χ2v) is 12.4. The average Bonchev–Trinajstić information content (AvgIpc) is 3.70. The molecule has 0 aromatic heterocycles. The molecule has 2 aromatic carbocycles. The average molecular weight is 588 g/mol. The van der Waals surface area contributed by atoms with Crippen LogP contribution in [-0.2, 0) is 31.0 Å². The van der Waals surface area contributed by atoms with E-state index >= 15 is 0 Å². The summed E-state index contributed by atoms with van der Waals surface area (Å²) in [4.78, 5) is 39.7. The van der Waals surface area contributed by atoms with E-state index < -0.39 is 0 Å². The predicted molar refractivity (Wildman–Crippen MR) is 154 cm³/mol. The number of ether oxygens (including phenoxy) is 2. The lowest BCUT2D eigenvalue weighted by Crippen LogP contribution is -2.61. The molecule has 1 N–H and O–H groups in total. The summed E-state index contributed by atoms with van der Waals surface area (Å²) in [5.41, 5.74) is 1.45. The van der Waals surface area contributed by atoms with Gasteiger partial charge in [-0.1, -0.05) is 41.4 Å². The molecule has 0 bridgehead atoms. The maximum absolute atomic E-state index is 13.2. The van der Waals surface area contributed by atoms with Gasteiger partial charge in [-0.25, -0.2) is 0 Å². The smallest absolute Gasteiger partial charge is 0.308 e. The Hall–Kier alpha value is -2.61. The Kier molecular flexibility index (Phi) is 8.74. The lowest BCUT2D eigenvalue weighted by molar-refractivity contribution is -0.157. The molecule has 1 unspecified atom stereocenters. The number of rotatable bonds is 8. The van der Waals surface area contributed by atoms with Gasteiger partial charge in [0.05, 0.1) is 16.5 Å². The number of nitrogens with zero attached hydrogens (tertiary/aromatic N) is 1. The second-order valence-electron chi connectivity index (χ2n) is 11.6. The van der Waals surface area contributed by atoms with Crippen molar-refractivity contribution in [1.29, 1.82) is 0 Å². The highest BCUT2D eigenvalue weighted by molar-refractivity contribution is 6.42. The summed E-state index contributed by atoms with van der Waals surface area (Å²) < 4.78 is 11.4. The van der Waals surface area contributed by atoms with Crippen LogP contribution >= 0.6 is 23.2 Å². The van der Waals surface area contributed by atoms with E-state index in [9.17, 15) is 14.4 Å². The van der Waals surface area contributed by atoms with E-state index in [1.165, 1.54) is 26.7 Å². The molecule has 5 rings (SSSR count). The second kappa shape index (κ2) is 12.1. The van der Waals surface area contributed by atoms with Gasteiger partial charge in [0.1, 0.15) is 11.9 Å². The van der Waals surface area contributed by atoms with Crippen LogP contribution in [0.3, 0.4) is 0 Å². The van der Waals surface area contributed by atoms with Gasteiger partial charge in [-0.05, 0) is 73.5 Å². The van der Waals surface area contributed by atoms with Crippen LogP contribution in [-0.4, -0.2) is 54.5 Å². The molecule has 0 radical (unpaired) electrons. The van der Waals surface area contributed by atoms with Crippen molar-refractivity contribution in [1.82, 2.24) is 10.2 Å². The number of halogens is 2. The fraction of sp³-hybridized carbons (Fsp3) is 0.516. The largest absolute Gasteiger partial charge is 0.462 e. The standard InChI is InChI=1S/C31H36Cl2N2O5/c1-19(36)39-25-5-3-4-23(14-25)31-10-11-35(17-21-6-7-21)18-26(31)29(40-20(2)37)15-24(16-31)34-30(38)13-22-8-9-27(32)28(33)12-22/h3-5,8-9,12,14,21,24,26,29H,6-7,10-11,13,15-18H2,1-2H3,(H,34,38)/t24-,26+,29?,31+/m1/s1. The van der Waals surface area contributed by atoms with Crippen LogP contribution in [0.4, 0.5) is 0 Å². The molecule has 4 atom stereocenters. The first kappa shape index (κ1) is 28.9. The Morgan fingerprint density at radius 1 is 1.05 bits per heavy atom. The third-order valence-corrected chi connectivity index (χ3v) is 9.27. The molecular weight excluding hydrogens is 551 g/mol. The number of likely N-dealkylation sites (tertiary alicyclic amines) is 1. The number of piperidine rings is 1. The zero-order valence-corrected chi connectivity index (χ0v) is 24.5. The van der Waals surface area contributed by atoms with E-state index in [1.54, 1.807) is 24.3 Å². The van der Waals surface area contributed by atoms with E-state index in [1.807, 2.05) is 12.1 Å². The normalized spacial score (nSPS) is 26.4. The van der Waals surface area contributed by atoms with Crippen molar-refractivity contribution in [2.75, 3.05) is 19.6 Å². The summed E-state index contributed by atoms with van der Waals surface area (Å²) >= 11 is 12.2. The van der Waals surface area contributed by atoms with Crippen molar-refractivity contribution in [3.05, 3.63) is 63.6 Å². The number of carbonyl (C=O) groups is 3. The third kappa shape index (κ3) is 6.81. The molecule has 0 spiro atoms. The topological polar surface area (TPSA) is 84.9 Å². The highest BCUT2D eigenvalue weighted by Gasteiger charge is 2.54. The zero-order chi connectivity index (χ0) is 28.4. The Morgan fingerprint density at radius 3 is 2.55 bits per heavy atom. The first-order valence-electron chi connectivity index (χ1n) is 14.0. The van der Waals surface area contributed by atoms with Crippen molar-refractivity contribution >= 4 is 41.0 Å². The van der Waals surface area contributed by atoms with E-state index in [4.69, 9.17) is 32.7 Å². The Balaban J connectivity index is 1.44. The number of hydrogen-bond donors (Lipinski definition) is 1. The molecule has 214 valence electrons. The van der Waals surface area contributed by atoms with Gasteiger partial charge in [-0.2, -0.15) is 0 Å². The lowest BCUT2D eigenvalue weighted by atomic mass is 9.57. The molecule has 7 nitrogen and oxygen atoms in total. The van der Waals surface area contributed by atoms with Crippen LogP contribution in [0.2, 0.25) is 10.0 Å². The Labute approximate surface area is 245 Å². The Bertz CT molecular complexity index is 1280. The highest BCUT2D eigenvalue weighted by Crippen LogP contribution is 2.51. The molecular formula is C31H36Cl2N2O5. The predicted octanol–water partition coefficient (Wildman–Crippen LogP) is 5.34. The summed E-state index contributed by atoms with van der Waals surface area (Å²) in [7, 11) is 0. The van der Waals surface area contributed by atoms with Crippen molar-refractivity contribution in [2.24, 2.45) is 11.8 Å². The number of esters is 2. The van der Waals surface area contributed by atoms with E-state index in [0.717, 1.165) is 43.1 Å². The first-order valence-corrected chi connectivity index (χ1v) is 14.8. The van der Waals surface area contributed by atoms with E-state index in [0.29, 0.717) is 28.6 Å². The van der Waals surface area contributed by atoms with Gasteiger partial charge < -0.3 is 19.7 Å². The third-order valence-electron chi connectivity index (χ3n) is 8.53. The number of hydrogen-bond acceptors (Lipinski definition) is 6. The molecule has 2 saturated carbocycles. The number of carbonyl (C=O) groups excluding carboxylic acids is 3. The van der Waals surface area contributed by atoms with Gasteiger partial charge in [-0.15, -0.1) is 0 Å². The maximum Gasteiger partial charge on any atom is 0.308 e. The van der Waals surface area contributed by atoms with Crippen LogP contribution in [0.5, 0.6) is 5.75 Å². The van der Waals surface area contributed by atoms with E-state index in [-0.39, 0.29) is 47.7 Å². The molecule has 2 aliphatic carbocycles. The first-order chi connectivity index (χ1) is 19.1. The van der Waals surface area contributed by atoms with Crippen LogP contribution < -0.4 is 10.1 Å². The van der Waals surface area contributed by atoms with Crippen LogP contribution in [0.25, 0.3) is 0 Å². The lowest BCUT2D eigenvalue weighted by Gasteiger charge is -2.55. The van der Waals surface area contributed by atoms with E-state index in [2.05, 4.69) is 16.3 Å².